The summed E-state index contributed by atoms with van der Waals surface area (Å²) in [6.45, 7) is 10.4. The molecule has 2 aliphatic rings. The number of hydrogen-bond donors (Lipinski definition) is 2. The van der Waals surface area contributed by atoms with Crippen molar-refractivity contribution in [1.29, 1.82) is 0 Å². The first-order valence-corrected chi connectivity index (χ1v) is 11.2. The molecule has 0 aromatic heterocycles. The van der Waals surface area contributed by atoms with Crippen LogP contribution in [0.3, 0.4) is 0 Å². The van der Waals surface area contributed by atoms with Crippen molar-refractivity contribution < 1.29 is 0 Å². The Bertz CT molecular complexity index is 578. The van der Waals surface area contributed by atoms with Crippen molar-refractivity contribution in [3.63, 3.8) is 0 Å². The first-order chi connectivity index (χ1) is 13.8. The normalized spacial score (nSPS) is 20.3. The minimum atomic E-state index is 0. The number of rotatable bonds is 7. The average Bonchev–Trinajstić information content (AvgIpc) is 2.75. The van der Waals surface area contributed by atoms with Crippen molar-refractivity contribution in [3.8, 4) is 0 Å². The summed E-state index contributed by atoms with van der Waals surface area (Å²) >= 11 is 0. The number of nitrogens with one attached hydrogen (secondary N) is 2. The van der Waals surface area contributed by atoms with E-state index in [2.05, 4.69) is 62.7 Å². The van der Waals surface area contributed by atoms with Gasteiger partial charge < -0.3 is 15.5 Å². The van der Waals surface area contributed by atoms with Gasteiger partial charge in [0.2, 0.25) is 0 Å². The minimum Gasteiger partial charge on any atom is -0.356 e. The highest BCUT2D eigenvalue weighted by Crippen LogP contribution is 2.19. The quantitative estimate of drug-likeness (QED) is 0.333. The van der Waals surface area contributed by atoms with Crippen LogP contribution in [0.5, 0.6) is 0 Å². The lowest BCUT2D eigenvalue weighted by molar-refractivity contribution is 0.187. The van der Waals surface area contributed by atoms with E-state index in [1.54, 1.807) is 0 Å². The zero-order valence-electron chi connectivity index (χ0n) is 18.3. The van der Waals surface area contributed by atoms with Crippen molar-refractivity contribution in [2.24, 2.45) is 10.9 Å². The van der Waals surface area contributed by atoms with Crippen molar-refractivity contribution in [1.82, 2.24) is 20.4 Å². The standard InChI is InChI=1S/C23H39N5.HI/c1-3-27-15-10-20(11-16-27)9-14-25-23(24-2)26-22-12-17-28(18-13-22)19-21-7-5-4-6-8-21;/h4-8,20,22H,3,9-19H2,1-2H3,(H2,24,25,26);1H. The third-order valence-corrected chi connectivity index (χ3v) is 6.40. The van der Waals surface area contributed by atoms with E-state index in [0.717, 1.165) is 38.1 Å². The topological polar surface area (TPSA) is 42.9 Å². The molecule has 3 rings (SSSR count). The maximum absolute atomic E-state index is 4.45. The number of likely N-dealkylation sites (tertiary alicyclic amines) is 2. The van der Waals surface area contributed by atoms with Crippen LogP contribution in [0.1, 0.15) is 44.6 Å². The fourth-order valence-corrected chi connectivity index (χ4v) is 4.45. The van der Waals surface area contributed by atoms with Gasteiger partial charge in [0.25, 0.3) is 0 Å². The largest absolute Gasteiger partial charge is 0.356 e. The van der Waals surface area contributed by atoms with Crippen LogP contribution in [0.2, 0.25) is 0 Å². The number of aliphatic imine (C=N–C) groups is 1. The van der Waals surface area contributed by atoms with Gasteiger partial charge in [-0.2, -0.15) is 0 Å². The second-order valence-electron chi connectivity index (χ2n) is 8.35. The Hall–Kier alpha value is -0.860. The molecule has 2 N–H and O–H groups in total. The Morgan fingerprint density at radius 1 is 1.00 bits per heavy atom. The molecule has 0 aliphatic carbocycles. The summed E-state index contributed by atoms with van der Waals surface area (Å²) in [6.07, 6.45) is 6.32. The summed E-state index contributed by atoms with van der Waals surface area (Å²) in [5.41, 5.74) is 1.41. The highest BCUT2D eigenvalue weighted by molar-refractivity contribution is 14.0. The second-order valence-corrected chi connectivity index (χ2v) is 8.35. The van der Waals surface area contributed by atoms with E-state index in [1.807, 2.05) is 7.05 Å². The van der Waals surface area contributed by atoms with Crippen molar-refractivity contribution in [2.45, 2.75) is 51.6 Å². The third-order valence-electron chi connectivity index (χ3n) is 6.40. The summed E-state index contributed by atoms with van der Waals surface area (Å²) in [5, 5.41) is 7.20. The summed E-state index contributed by atoms with van der Waals surface area (Å²) < 4.78 is 0. The van der Waals surface area contributed by atoms with Gasteiger partial charge in [0.15, 0.2) is 5.96 Å². The van der Waals surface area contributed by atoms with Crippen LogP contribution in [0.25, 0.3) is 0 Å². The van der Waals surface area contributed by atoms with Crippen LogP contribution >= 0.6 is 24.0 Å². The van der Waals surface area contributed by atoms with Gasteiger partial charge in [0, 0.05) is 39.3 Å². The molecule has 0 radical (unpaired) electrons. The van der Waals surface area contributed by atoms with Gasteiger partial charge in [-0.25, -0.2) is 0 Å². The molecule has 0 atom stereocenters. The molecule has 29 heavy (non-hydrogen) atoms. The molecule has 2 heterocycles. The van der Waals surface area contributed by atoms with E-state index in [-0.39, 0.29) is 24.0 Å². The molecular weight excluding hydrogens is 473 g/mol. The van der Waals surface area contributed by atoms with Gasteiger partial charge in [-0.1, -0.05) is 37.3 Å². The molecule has 0 spiro atoms. The molecule has 0 bridgehead atoms. The zero-order chi connectivity index (χ0) is 19.6. The monoisotopic (exact) mass is 513 g/mol. The molecule has 2 aliphatic heterocycles. The van der Waals surface area contributed by atoms with Crippen LogP contribution < -0.4 is 10.6 Å². The van der Waals surface area contributed by atoms with Crippen molar-refractivity contribution >= 4 is 29.9 Å². The van der Waals surface area contributed by atoms with E-state index < -0.39 is 0 Å². The van der Waals surface area contributed by atoms with Crippen LogP contribution in [0.15, 0.2) is 35.3 Å². The molecule has 2 saturated heterocycles. The number of hydrogen-bond acceptors (Lipinski definition) is 3. The highest BCUT2D eigenvalue weighted by atomic mass is 127. The molecule has 1 aromatic rings. The lowest BCUT2D eigenvalue weighted by Crippen LogP contribution is -2.48. The first-order valence-electron chi connectivity index (χ1n) is 11.2. The molecule has 0 unspecified atom stereocenters. The first kappa shape index (κ1) is 24.4. The number of nitrogens with zero attached hydrogens (tertiary/aromatic N) is 3. The van der Waals surface area contributed by atoms with E-state index in [4.69, 9.17) is 0 Å². The highest BCUT2D eigenvalue weighted by Gasteiger charge is 2.21. The molecule has 5 nitrogen and oxygen atoms in total. The maximum atomic E-state index is 4.45. The van der Waals surface area contributed by atoms with Gasteiger partial charge in [0.05, 0.1) is 0 Å². The Balaban J connectivity index is 0.00000300. The van der Waals surface area contributed by atoms with Crippen molar-refractivity contribution in [3.05, 3.63) is 35.9 Å². The Kier molecular flexibility index (Phi) is 11.3. The Morgan fingerprint density at radius 2 is 1.66 bits per heavy atom. The number of halogens is 1. The van der Waals surface area contributed by atoms with E-state index in [1.165, 1.54) is 57.3 Å². The molecular formula is C23H40IN5. The molecule has 0 amide bonds. The zero-order valence-corrected chi connectivity index (χ0v) is 20.6. The smallest absolute Gasteiger partial charge is 0.191 e. The van der Waals surface area contributed by atoms with E-state index in [0.29, 0.717) is 6.04 Å². The fourth-order valence-electron chi connectivity index (χ4n) is 4.45. The van der Waals surface area contributed by atoms with Gasteiger partial charge in [-0.15, -0.1) is 24.0 Å². The third kappa shape index (κ3) is 8.42. The fraction of sp³-hybridized carbons (Fsp3) is 0.696. The molecule has 1 aromatic carbocycles. The SMILES string of the molecule is CCN1CCC(CCNC(=NC)NC2CCN(Cc3ccccc3)CC2)CC1.I. The van der Waals surface area contributed by atoms with Crippen molar-refractivity contribution in [2.75, 3.05) is 46.3 Å². The number of piperidine rings is 2. The van der Waals surface area contributed by atoms with Crippen LogP contribution in [-0.2, 0) is 6.54 Å². The molecule has 0 saturated carbocycles. The number of guanidine groups is 1. The predicted molar refractivity (Wildman–Crippen MR) is 134 cm³/mol. The Labute approximate surface area is 194 Å². The van der Waals surface area contributed by atoms with E-state index in [9.17, 15) is 0 Å². The van der Waals surface area contributed by atoms with Gasteiger partial charge in [-0.3, -0.25) is 9.89 Å². The van der Waals surface area contributed by atoms with Gasteiger partial charge in [-0.05, 0) is 63.2 Å². The summed E-state index contributed by atoms with van der Waals surface area (Å²) in [6, 6.07) is 11.3. The molecule has 164 valence electrons. The molecule has 2 fully saturated rings. The van der Waals surface area contributed by atoms with E-state index >= 15 is 0 Å². The predicted octanol–water partition coefficient (Wildman–Crippen LogP) is 3.56. The maximum Gasteiger partial charge on any atom is 0.191 e. The lowest BCUT2D eigenvalue weighted by atomic mass is 9.93. The molecule has 6 heteroatoms. The minimum absolute atomic E-state index is 0. The van der Waals surface area contributed by atoms with Crippen LogP contribution in [-0.4, -0.2) is 68.1 Å². The summed E-state index contributed by atoms with van der Waals surface area (Å²) in [5.74, 6) is 1.85. The summed E-state index contributed by atoms with van der Waals surface area (Å²) in [7, 11) is 1.89. The second kappa shape index (κ2) is 13.4. The Morgan fingerprint density at radius 3 is 2.28 bits per heavy atom. The van der Waals surface area contributed by atoms with Crippen LogP contribution in [0, 0.1) is 5.92 Å². The lowest BCUT2D eigenvalue weighted by Gasteiger charge is -2.33. The van der Waals surface area contributed by atoms with Crippen LogP contribution in [0.4, 0.5) is 0 Å². The summed E-state index contributed by atoms with van der Waals surface area (Å²) in [4.78, 5) is 9.58. The average molecular weight is 514 g/mol. The number of benzene rings is 1. The van der Waals surface area contributed by atoms with Gasteiger partial charge in [0.1, 0.15) is 0 Å². The van der Waals surface area contributed by atoms with Gasteiger partial charge >= 0.3 is 0 Å².